The third-order valence-corrected chi connectivity index (χ3v) is 3.47. The van der Waals surface area contributed by atoms with E-state index in [-0.39, 0.29) is 18.1 Å². The molecule has 1 aromatic carbocycles. The molecule has 3 aromatic rings. The maximum Gasteiger partial charge on any atom is 0.229 e. The van der Waals surface area contributed by atoms with Gasteiger partial charge in [-0.15, -0.1) is 0 Å². The summed E-state index contributed by atoms with van der Waals surface area (Å²) in [6.45, 7) is 0. The molecule has 0 saturated heterocycles. The number of rotatable bonds is 4. The van der Waals surface area contributed by atoms with E-state index >= 15 is 0 Å². The second-order valence-corrected chi connectivity index (χ2v) is 5.38. The van der Waals surface area contributed by atoms with Crippen molar-refractivity contribution in [1.82, 2.24) is 15.0 Å². The van der Waals surface area contributed by atoms with E-state index in [4.69, 9.17) is 0 Å². The minimum atomic E-state index is -0.329. The number of anilines is 2. The molecule has 0 unspecified atom stereocenters. The predicted octanol–water partition coefficient (Wildman–Crippen LogP) is 2.34. The van der Waals surface area contributed by atoms with Crippen LogP contribution >= 0.6 is 0 Å². The van der Waals surface area contributed by atoms with Crippen molar-refractivity contribution in [2.45, 2.75) is 6.42 Å². The first-order valence-electron chi connectivity index (χ1n) is 7.07. The molecule has 0 atom stereocenters. The van der Waals surface area contributed by atoms with Crippen LogP contribution < -0.4 is 10.2 Å². The van der Waals surface area contributed by atoms with Gasteiger partial charge in [-0.3, -0.25) is 4.79 Å². The number of carbonyl (C=O) groups is 1. The first-order valence-corrected chi connectivity index (χ1v) is 7.07. The second-order valence-electron chi connectivity index (χ2n) is 5.38. The normalized spacial score (nSPS) is 10.7. The van der Waals surface area contributed by atoms with E-state index < -0.39 is 0 Å². The largest absolute Gasteiger partial charge is 0.361 e. The fourth-order valence-corrected chi connectivity index (χ4v) is 2.43. The number of hydrogen-bond donors (Lipinski definition) is 2. The topological polar surface area (TPSA) is 73.9 Å². The Morgan fingerprint density at radius 1 is 1.39 bits per heavy atom. The molecule has 2 aromatic heterocycles. The molecule has 2 N–H and O–H groups in total. The highest BCUT2D eigenvalue weighted by atomic mass is 19.1. The van der Waals surface area contributed by atoms with Crippen LogP contribution in [0.1, 0.15) is 5.56 Å². The highest BCUT2D eigenvalue weighted by molar-refractivity contribution is 5.97. The van der Waals surface area contributed by atoms with Crippen LogP contribution in [-0.4, -0.2) is 35.0 Å². The molecule has 0 bridgehead atoms. The molecule has 0 radical (unpaired) electrons. The minimum Gasteiger partial charge on any atom is -0.361 e. The van der Waals surface area contributed by atoms with Crippen LogP contribution in [0, 0.1) is 5.82 Å². The maximum atomic E-state index is 13.4. The number of nitrogens with zero attached hydrogens (tertiary/aromatic N) is 3. The summed E-state index contributed by atoms with van der Waals surface area (Å²) in [6.07, 6.45) is 4.83. The number of H-pyrrole nitrogens is 1. The summed E-state index contributed by atoms with van der Waals surface area (Å²) in [5.41, 5.74) is 2.07. The van der Waals surface area contributed by atoms with Crippen molar-refractivity contribution in [2.24, 2.45) is 0 Å². The molecule has 0 spiro atoms. The number of hydrogen-bond acceptors (Lipinski definition) is 4. The Balaban J connectivity index is 1.81. The fraction of sp³-hybridized carbons (Fsp3) is 0.188. The zero-order valence-electron chi connectivity index (χ0n) is 12.8. The molecule has 0 saturated carbocycles. The molecule has 0 aliphatic carbocycles. The Bertz CT molecular complexity index is 859. The lowest BCUT2D eigenvalue weighted by molar-refractivity contribution is -0.115. The lowest BCUT2D eigenvalue weighted by atomic mass is 10.1. The van der Waals surface area contributed by atoms with E-state index in [1.54, 1.807) is 23.4 Å². The Morgan fingerprint density at radius 2 is 2.22 bits per heavy atom. The second kappa shape index (κ2) is 6.04. The summed E-state index contributed by atoms with van der Waals surface area (Å²) in [5.74, 6) is 0.0801. The van der Waals surface area contributed by atoms with Crippen molar-refractivity contribution < 1.29 is 9.18 Å². The van der Waals surface area contributed by atoms with E-state index in [0.29, 0.717) is 16.9 Å². The number of carbonyl (C=O) groups excluding carboxylic acids is 1. The van der Waals surface area contributed by atoms with Crippen LogP contribution in [-0.2, 0) is 11.2 Å². The van der Waals surface area contributed by atoms with E-state index in [2.05, 4.69) is 20.3 Å². The molecular formula is C16H16FN5O. The van der Waals surface area contributed by atoms with Gasteiger partial charge in [0.25, 0.3) is 0 Å². The number of amides is 1. The maximum absolute atomic E-state index is 13.4. The number of fused-ring (bicyclic) bond motifs is 1. The smallest absolute Gasteiger partial charge is 0.229 e. The van der Waals surface area contributed by atoms with Crippen LogP contribution in [0.5, 0.6) is 0 Å². The summed E-state index contributed by atoms with van der Waals surface area (Å²) in [6, 6.07) is 4.46. The molecule has 1 amide bonds. The van der Waals surface area contributed by atoms with Crippen molar-refractivity contribution in [3.8, 4) is 0 Å². The van der Waals surface area contributed by atoms with Gasteiger partial charge in [0.05, 0.1) is 12.6 Å². The highest BCUT2D eigenvalue weighted by Gasteiger charge is 2.13. The van der Waals surface area contributed by atoms with Gasteiger partial charge in [-0.05, 0) is 23.8 Å². The average Bonchev–Trinajstić information content (AvgIpc) is 2.90. The third kappa shape index (κ3) is 3.13. The zero-order chi connectivity index (χ0) is 16.4. The van der Waals surface area contributed by atoms with Crippen LogP contribution in [0.25, 0.3) is 10.9 Å². The molecule has 7 heteroatoms. The molecular weight excluding hydrogens is 297 g/mol. The predicted molar refractivity (Wildman–Crippen MR) is 86.9 cm³/mol. The third-order valence-electron chi connectivity index (χ3n) is 3.47. The Kier molecular flexibility index (Phi) is 3.92. The van der Waals surface area contributed by atoms with Crippen molar-refractivity contribution in [1.29, 1.82) is 0 Å². The van der Waals surface area contributed by atoms with Gasteiger partial charge in [-0.2, -0.15) is 0 Å². The van der Waals surface area contributed by atoms with Gasteiger partial charge in [-0.25, -0.2) is 14.4 Å². The summed E-state index contributed by atoms with van der Waals surface area (Å²) < 4.78 is 13.4. The Labute approximate surface area is 132 Å². The summed E-state index contributed by atoms with van der Waals surface area (Å²) in [7, 11) is 3.67. The number of aromatic amines is 1. The lowest BCUT2D eigenvalue weighted by Gasteiger charge is -2.15. The van der Waals surface area contributed by atoms with Gasteiger partial charge in [0.15, 0.2) is 5.82 Å². The molecule has 6 nitrogen and oxygen atoms in total. The van der Waals surface area contributed by atoms with Gasteiger partial charge in [-0.1, -0.05) is 0 Å². The summed E-state index contributed by atoms with van der Waals surface area (Å²) in [5, 5.41) is 3.50. The zero-order valence-corrected chi connectivity index (χ0v) is 12.8. The standard InChI is InChI=1S/C16H16FN5O/c1-22(2)16-14(8-18-9-20-16)21-15(23)5-10-7-19-13-4-3-11(17)6-12(10)13/h3-4,6-9,19H,5H2,1-2H3,(H,21,23). The first kappa shape index (κ1) is 15.0. The van der Waals surface area contributed by atoms with Gasteiger partial charge in [0, 0.05) is 31.2 Å². The Hall–Kier alpha value is -2.96. The van der Waals surface area contributed by atoms with E-state index in [0.717, 1.165) is 11.1 Å². The van der Waals surface area contributed by atoms with E-state index in [9.17, 15) is 9.18 Å². The monoisotopic (exact) mass is 313 g/mol. The molecule has 118 valence electrons. The fourth-order valence-electron chi connectivity index (χ4n) is 2.43. The van der Waals surface area contributed by atoms with Gasteiger partial charge in [0.1, 0.15) is 17.8 Å². The number of benzene rings is 1. The van der Waals surface area contributed by atoms with Crippen LogP contribution in [0.15, 0.2) is 36.9 Å². The van der Waals surface area contributed by atoms with Crippen LogP contribution in [0.2, 0.25) is 0 Å². The van der Waals surface area contributed by atoms with Crippen LogP contribution in [0.3, 0.4) is 0 Å². The Morgan fingerprint density at radius 3 is 3.00 bits per heavy atom. The summed E-state index contributed by atoms with van der Waals surface area (Å²) in [4.78, 5) is 25.2. The van der Waals surface area contributed by atoms with Gasteiger partial charge in [0.2, 0.25) is 5.91 Å². The molecule has 0 aliphatic heterocycles. The van der Waals surface area contributed by atoms with Crippen molar-refractivity contribution in [3.05, 3.63) is 48.3 Å². The number of halogens is 1. The highest BCUT2D eigenvalue weighted by Crippen LogP contribution is 2.22. The van der Waals surface area contributed by atoms with Gasteiger partial charge < -0.3 is 15.2 Å². The van der Waals surface area contributed by atoms with Crippen molar-refractivity contribution in [2.75, 3.05) is 24.3 Å². The quantitative estimate of drug-likeness (QED) is 0.775. The molecule has 0 aliphatic rings. The van der Waals surface area contributed by atoms with Crippen molar-refractivity contribution >= 4 is 28.3 Å². The van der Waals surface area contributed by atoms with Crippen LogP contribution in [0.4, 0.5) is 15.9 Å². The molecule has 0 fully saturated rings. The minimum absolute atomic E-state index is 0.130. The number of nitrogens with one attached hydrogen (secondary N) is 2. The van der Waals surface area contributed by atoms with Crippen molar-refractivity contribution in [3.63, 3.8) is 0 Å². The first-order chi connectivity index (χ1) is 11.0. The molecule has 3 rings (SSSR count). The van der Waals surface area contributed by atoms with E-state index in [1.165, 1.54) is 18.5 Å². The SMILES string of the molecule is CN(C)c1ncncc1NC(=O)Cc1c[nH]c2ccc(F)cc12. The van der Waals surface area contributed by atoms with Gasteiger partial charge >= 0.3 is 0 Å². The molecule has 23 heavy (non-hydrogen) atoms. The average molecular weight is 313 g/mol. The molecule has 2 heterocycles. The number of aromatic nitrogens is 3. The van der Waals surface area contributed by atoms with E-state index in [1.807, 2.05) is 14.1 Å². The summed E-state index contributed by atoms with van der Waals surface area (Å²) >= 11 is 0. The lowest BCUT2D eigenvalue weighted by Crippen LogP contribution is -2.19.